The summed E-state index contributed by atoms with van der Waals surface area (Å²) >= 11 is 0. The first-order valence-electron chi connectivity index (χ1n) is 12.1. The number of hydrogen-bond donors (Lipinski definition) is 1. The van der Waals surface area contributed by atoms with Gasteiger partial charge in [0, 0.05) is 50.5 Å². The van der Waals surface area contributed by atoms with E-state index in [0.717, 1.165) is 0 Å². The molecular formula is C26H32N4O5. The van der Waals surface area contributed by atoms with Crippen LogP contribution in [0.4, 0.5) is 5.69 Å². The highest BCUT2D eigenvalue weighted by Gasteiger charge is 2.33. The number of rotatable bonds is 7. The maximum atomic E-state index is 12.9. The van der Waals surface area contributed by atoms with Crippen molar-refractivity contribution in [1.82, 2.24) is 14.7 Å². The molecule has 3 amide bonds. The van der Waals surface area contributed by atoms with E-state index < -0.39 is 6.10 Å². The van der Waals surface area contributed by atoms with Gasteiger partial charge in [-0.1, -0.05) is 18.2 Å². The van der Waals surface area contributed by atoms with Gasteiger partial charge in [0.05, 0.1) is 6.54 Å². The van der Waals surface area contributed by atoms with Gasteiger partial charge in [0.1, 0.15) is 6.61 Å². The summed E-state index contributed by atoms with van der Waals surface area (Å²) in [4.78, 5) is 43.6. The number of carbonyl (C=O) groups excluding carboxylic acids is 3. The third kappa shape index (κ3) is 5.92. The summed E-state index contributed by atoms with van der Waals surface area (Å²) in [6.07, 6.45) is -0.661. The fraction of sp³-hybridized carbons (Fsp3) is 0.423. The summed E-state index contributed by atoms with van der Waals surface area (Å²) in [7, 11) is 0. The summed E-state index contributed by atoms with van der Waals surface area (Å²) in [5, 5.41) is 2.89. The third-order valence-corrected chi connectivity index (χ3v) is 6.28. The molecule has 0 aliphatic carbocycles. The van der Waals surface area contributed by atoms with Gasteiger partial charge in [-0.15, -0.1) is 0 Å². The van der Waals surface area contributed by atoms with Gasteiger partial charge in [0.2, 0.25) is 12.0 Å². The van der Waals surface area contributed by atoms with Crippen LogP contribution in [0.3, 0.4) is 0 Å². The SMILES string of the molecule is CCN(CC)C(=O)c1cccc(NC(=O)CN2CCN(C(=O)C3COc4ccccc4O3)CC2)c1. The zero-order valence-corrected chi connectivity index (χ0v) is 20.2. The predicted octanol–water partition coefficient (Wildman–Crippen LogP) is 2.09. The summed E-state index contributed by atoms with van der Waals surface area (Å²) in [6.45, 7) is 7.75. The molecule has 2 heterocycles. The van der Waals surface area contributed by atoms with Gasteiger partial charge < -0.3 is 24.6 Å². The molecule has 2 aromatic carbocycles. The summed E-state index contributed by atoms with van der Waals surface area (Å²) < 4.78 is 11.5. The third-order valence-electron chi connectivity index (χ3n) is 6.28. The van der Waals surface area contributed by atoms with Crippen LogP contribution in [0.2, 0.25) is 0 Å². The number of anilines is 1. The lowest BCUT2D eigenvalue weighted by Crippen LogP contribution is -2.54. The van der Waals surface area contributed by atoms with Gasteiger partial charge >= 0.3 is 0 Å². The van der Waals surface area contributed by atoms with Crippen LogP contribution in [0.5, 0.6) is 11.5 Å². The average Bonchev–Trinajstić information content (AvgIpc) is 2.89. The molecule has 0 spiro atoms. The molecule has 0 bridgehead atoms. The van der Waals surface area contributed by atoms with E-state index in [1.54, 1.807) is 40.1 Å². The van der Waals surface area contributed by atoms with Crippen molar-refractivity contribution in [1.29, 1.82) is 0 Å². The molecule has 0 saturated carbocycles. The first-order valence-corrected chi connectivity index (χ1v) is 12.1. The Morgan fingerprint density at radius 1 is 0.971 bits per heavy atom. The van der Waals surface area contributed by atoms with E-state index in [4.69, 9.17) is 9.47 Å². The second kappa shape index (κ2) is 11.2. The first-order chi connectivity index (χ1) is 17.0. The normalized spacial score (nSPS) is 17.5. The summed E-state index contributed by atoms with van der Waals surface area (Å²) in [5.74, 6) is 0.921. The van der Waals surface area contributed by atoms with Gasteiger partial charge in [0.15, 0.2) is 11.5 Å². The van der Waals surface area contributed by atoms with Crippen molar-refractivity contribution in [3.8, 4) is 11.5 Å². The van der Waals surface area contributed by atoms with E-state index in [2.05, 4.69) is 5.32 Å². The fourth-order valence-electron chi connectivity index (χ4n) is 4.30. The molecule has 1 unspecified atom stereocenters. The van der Waals surface area contributed by atoms with Crippen LogP contribution in [0.25, 0.3) is 0 Å². The van der Waals surface area contributed by atoms with Crippen molar-refractivity contribution < 1.29 is 23.9 Å². The number of para-hydroxylation sites is 2. The zero-order chi connectivity index (χ0) is 24.8. The van der Waals surface area contributed by atoms with Crippen molar-refractivity contribution in [2.24, 2.45) is 0 Å². The lowest BCUT2D eigenvalue weighted by Gasteiger charge is -2.36. The molecule has 2 aliphatic heterocycles. The minimum atomic E-state index is -0.661. The highest BCUT2D eigenvalue weighted by Crippen LogP contribution is 2.31. The molecule has 4 rings (SSSR count). The Morgan fingerprint density at radius 3 is 2.40 bits per heavy atom. The maximum absolute atomic E-state index is 12.9. The Labute approximate surface area is 205 Å². The molecule has 1 N–H and O–H groups in total. The monoisotopic (exact) mass is 480 g/mol. The molecule has 2 aromatic rings. The molecule has 186 valence electrons. The van der Waals surface area contributed by atoms with Crippen molar-refractivity contribution in [3.63, 3.8) is 0 Å². The second-order valence-corrected chi connectivity index (χ2v) is 8.57. The second-order valence-electron chi connectivity index (χ2n) is 8.57. The van der Waals surface area contributed by atoms with Gasteiger partial charge in [-0.2, -0.15) is 0 Å². The van der Waals surface area contributed by atoms with Crippen LogP contribution in [0, 0.1) is 0 Å². The quantitative estimate of drug-likeness (QED) is 0.653. The lowest BCUT2D eigenvalue weighted by atomic mass is 10.1. The highest BCUT2D eigenvalue weighted by molar-refractivity contribution is 5.97. The van der Waals surface area contributed by atoms with Crippen LogP contribution in [0.15, 0.2) is 48.5 Å². The Kier molecular flexibility index (Phi) is 7.87. The summed E-state index contributed by atoms with van der Waals surface area (Å²) in [6, 6.07) is 14.3. The van der Waals surface area contributed by atoms with Gasteiger partial charge in [0.25, 0.3) is 11.8 Å². The minimum Gasteiger partial charge on any atom is -0.485 e. The molecule has 9 heteroatoms. The van der Waals surface area contributed by atoms with E-state index in [1.807, 2.05) is 36.9 Å². The number of benzene rings is 2. The number of ether oxygens (including phenoxy) is 2. The van der Waals surface area contributed by atoms with Gasteiger partial charge in [-0.3, -0.25) is 19.3 Å². The Bertz CT molecular complexity index is 1060. The zero-order valence-electron chi connectivity index (χ0n) is 20.2. The smallest absolute Gasteiger partial charge is 0.267 e. The number of nitrogens with one attached hydrogen (secondary N) is 1. The number of amides is 3. The van der Waals surface area contributed by atoms with Crippen molar-refractivity contribution in [3.05, 3.63) is 54.1 Å². The van der Waals surface area contributed by atoms with Crippen LogP contribution in [0.1, 0.15) is 24.2 Å². The van der Waals surface area contributed by atoms with E-state index >= 15 is 0 Å². The number of carbonyl (C=O) groups is 3. The van der Waals surface area contributed by atoms with Crippen molar-refractivity contribution in [2.75, 3.05) is 57.7 Å². The van der Waals surface area contributed by atoms with Crippen LogP contribution in [-0.4, -0.2) is 90.9 Å². The molecule has 0 radical (unpaired) electrons. The molecule has 0 aromatic heterocycles. The molecule has 1 saturated heterocycles. The molecule has 1 fully saturated rings. The lowest BCUT2D eigenvalue weighted by molar-refractivity contribution is -0.143. The Hall–Kier alpha value is -3.59. The topological polar surface area (TPSA) is 91.4 Å². The standard InChI is InChI=1S/C26H32N4O5/c1-3-29(4-2)25(32)19-8-7-9-20(16-19)27-24(31)17-28-12-14-30(15-13-28)26(33)23-18-34-21-10-5-6-11-22(21)35-23/h5-11,16,23H,3-4,12-15,17-18H2,1-2H3,(H,27,31). The van der Waals surface area contributed by atoms with Crippen LogP contribution >= 0.6 is 0 Å². The molecule has 9 nitrogen and oxygen atoms in total. The molecular weight excluding hydrogens is 448 g/mol. The maximum Gasteiger partial charge on any atom is 0.267 e. The van der Waals surface area contributed by atoms with Crippen molar-refractivity contribution >= 4 is 23.4 Å². The van der Waals surface area contributed by atoms with E-state index in [1.165, 1.54) is 0 Å². The molecule has 35 heavy (non-hydrogen) atoms. The minimum absolute atomic E-state index is 0.0530. The van der Waals surface area contributed by atoms with E-state index in [-0.39, 0.29) is 30.9 Å². The van der Waals surface area contributed by atoms with Gasteiger partial charge in [-0.05, 0) is 44.2 Å². The average molecular weight is 481 g/mol. The van der Waals surface area contributed by atoms with E-state index in [9.17, 15) is 14.4 Å². The highest BCUT2D eigenvalue weighted by atomic mass is 16.6. The van der Waals surface area contributed by atoms with Crippen molar-refractivity contribution in [2.45, 2.75) is 20.0 Å². The molecule has 1 atom stereocenters. The fourth-order valence-corrected chi connectivity index (χ4v) is 4.30. The number of hydrogen-bond acceptors (Lipinski definition) is 6. The largest absolute Gasteiger partial charge is 0.485 e. The van der Waals surface area contributed by atoms with Crippen LogP contribution < -0.4 is 14.8 Å². The van der Waals surface area contributed by atoms with Crippen LogP contribution in [-0.2, 0) is 9.59 Å². The number of nitrogens with zero attached hydrogens (tertiary/aromatic N) is 3. The first kappa shape index (κ1) is 24.5. The predicted molar refractivity (Wildman–Crippen MR) is 132 cm³/mol. The van der Waals surface area contributed by atoms with E-state index in [0.29, 0.717) is 62.0 Å². The van der Waals surface area contributed by atoms with Gasteiger partial charge in [-0.25, -0.2) is 0 Å². The summed E-state index contributed by atoms with van der Waals surface area (Å²) in [5.41, 5.74) is 1.15. The molecule has 2 aliphatic rings. The number of fused-ring (bicyclic) bond motifs is 1. The Morgan fingerprint density at radius 2 is 1.69 bits per heavy atom. The Balaban J connectivity index is 1.25. The number of piperazine rings is 1.